The molecular weight excluding hydrogens is 404 g/mol. The van der Waals surface area contributed by atoms with E-state index in [0.29, 0.717) is 27.5 Å². The molecular formula is C19H14ClF2N5O2. The predicted molar refractivity (Wildman–Crippen MR) is 104 cm³/mol. The van der Waals surface area contributed by atoms with E-state index < -0.39 is 18.7 Å². The molecule has 0 radical (unpaired) electrons. The molecule has 0 bridgehead atoms. The number of hydrogen-bond donors (Lipinski definition) is 1. The molecule has 148 valence electrons. The number of fused-ring (bicyclic) bond motifs is 1. The van der Waals surface area contributed by atoms with E-state index >= 15 is 0 Å². The normalized spacial score (nSPS) is 11.3. The van der Waals surface area contributed by atoms with Crippen LogP contribution in [0.15, 0.2) is 47.3 Å². The number of hydrogen-bond acceptors (Lipinski definition) is 5. The number of H-pyrrole nitrogens is 1. The Morgan fingerprint density at radius 2 is 1.93 bits per heavy atom. The highest BCUT2D eigenvalue weighted by Gasteiger charge is 2.21. The molecule has 4 aromatic rings. The summed E-state index contributed by atoms with van der Waals surface area (Å²) in [5.41, 5.74) is 2.39. The third kappa shape index (κ3) is 3.81. The summed E-state index contributed by atoms with van der Waals surface area (Å²) in [7, 11) is 0. The highest BCUT2D eigenvalue weighted by molar-refractivity contribution is 6.30. The van der Waals surface area contributed by atoms with Gasteiger partial charge in [-0.05, 0) is 36.8 Å². The Kier molecular flexibility index (Phi) is 4.98. The van der Waals surface area contributed by atoms with Crippen LogP contribution in [-0.4, -0.2) is 37.6 Å². The van der Waals surface area contributed by atoms with Gasteiger partial charge in [0.05, 0.1) is 11.3 Å². The minimum atomic E-state index is -2.70. The first-order valence-corrected chi connectivity index (χ1v) is 8.94. The van der Waals surface area contributed by atoms with Crippen molar-refractivity contribution in [3.8, 4) is 28.5 Å². The van der Waals surface area contributed by atoms with Crippen molar-refractivity contribution in [1.29, 1.82) is 0 Å². The van der Waals surface area contributed by atoms with E-state index in [1.165, 1.54) is 0 Å². The van der Waals surface area contributed by atoms with E-state index in [4.69, 9.17) is 16.3 Å². The fourth-order valence-corrected chi connectivity index (χ4v) is 3.00. The minimum Gasteiger partial charge on any atom is -0.459 e. The Hall–Kier alpha value is -3.33. The second-order valence-electron chi connectivity index (χ2n) is 6.18. The summed E-state index contributed by atoms with van der Waals surface area (Å²) in [5, 5.41) is 4.90. The number of halogens is 3. The van der Waals surface area contributed by atoms with Gasteiger partial charge in [0.1, 0.15) is 5.69 Å². The number of alkyl halides is 2. The SMILES string of the molecule is Cc1cccc(-c2nn3c(=O)[nH]c(OCC(F)F)nc3c2-c2ccc(Cl)cc2)n1. The van der Waals surface area contributed by atoms with Gasteiger partial charge in [-0.25, -0.2) is 13.6 Å². The molecule has 0 aliphatic heterocycles. The zero-order valence-electron chi connectivity index (χ0n) is 15.1. The molecule has 4 rings (SSSR count). The maximum absolute atomic E-state index is 12.5. The molecule has 0 aliphatic rings. The van der Waals surface area contributed by atoms with Gasteiger partial charge < -0.3 is 4.74 Å². The van der Waals surface area contributed by atoms with E-state index in [0.717, 1.165) is 10.2 Å². The number of aromatic amines is 1. The largest absolute Gasteiger partial charge is 0.459 e. The van der Waals surface area contributed by atoms with Gasteiger partial charge in [0.2, 0.25) is 0 Å². The second-order valence-corrected chi connectivity index (χ2v) is 6.62. The van der Waals surface area contributed by atoms with Crippen molar-refractivity contribution in [3.63, 3.8) is 0 Å². The number of ether oxygens (including phenoxy) is 1. The van der Waals surface area contributed by atoms with Crippen LogP contribution >= 0.6 is 11.6 Å². The molecule has 0 unspecified atom stereocenters. The quantitative estimate of drug-likeness (QED) is 0.534. The average Bonchev–Trinajstić information content (AvgIpc) is 3.07. The Balaban J connectivity index is 1.99. The molecule has 29 heavy (non-hydrogen) atoms. The zero-order chi connectivity index (χ0) is 20.5. The Bertz CT molecular complexity index is 1240. The van der Waals surface area contributed by atoms with Crippen LogP contribution in [0.2, 0.25) is 5.02 Å². The topological polar surface area (TPSA) is 85.2 Å². The number of rotatable bonds is 5. The Morgan fingerprint density at radius 3 is 2.62 bits per heavy atom. The molecule has 0 spiro atoms. The second kappa shape index (κ2) is 7.59. The van der Waals surface area contributed by atoms with Gasteiger partial charge >= 0.3 is 5.69 Å². The highest BCUT2D eigenvalue weighted by Crippen LogP contribution is 2.34. The van der Waals surface area contributed by atoms with Crippen molar-refractivity contribution in [2.24, 2.45) is 0 Å². The lowest BCUT2D eigenvalue weighted by atomic mass is 10.0. The van der Waals surface area contributed by atoms with Crippen molar-refractivity contribution >= 4 is 17.2 Å². The molecule has 0 aliphatic carbocycles. The Labute approximate surface area is 168 Å². The number of nitrogens with zero attached hydrogens (tertiary/aromatic N) is 4. The summed E-state index contributed by atoms with van der Waals surface area (Å²) in [5.74, 6) is 0. The molecule has 10 heteroatoms. The number of aromatic nitrogens is 5. The van der Waals surface area contributed by atoms with Crippen LogP contribution in [-0.2, 0) is 0 Å². The maximum Gasteiger partial charge on any atom is 0.352 e. The molecule has 0 amide bonds. The summed E-state index contributed by atoms with van der Waals surface area (Å²) < 4.78 is 31.0. The van der Waals surface area contributed by atoms with Crippen molar-refractivity contribution in [3.05, 3.63) is 63.7 Å². The number of benzene rings is 1. The van der Waals surface area contributed by atoms with Gasteiger partial charge in [-0.1, -0.05) is 29.8 Å². The molecule has 0 saturated heterocycles. The van der Waals surface area contributed by atoms with Crippen LogP contribution in [0, 0.1) is 6.92 Å². The third-order valence-electron chi connectivity index (χ3n) is 4.08. The third-order valence-corrected chi connectivity index (χ3v) is 4.34. The molecule has 1 aromatic carbocycles. The van der Waals surface area contributed by atoms with Crippen LogP contribution in [0.1, 0.15) is 5.69 Å². The van der Waals surface area contributed by atoms with Gasteiger partial charge in [-0.3, -0.25) is 9.97 Å². The smallest absolute Gasteiger partial charge is 0.352 e. The molecule has 1 N–H and O–H groups in total. The predicted octanol–water partition coefficient (Wildman–Crippen LogP) is 3.75. The maximum atomic E-state index is 12.5. The minimum absolute atomic E-state index is 0.152. The van der Waals surface area contributed by atoms with Crippen molar-refractivity contribution in [2.75, 3.05) is 6.61 Å². The standard InChI is InChI=1S/C19H14ClF2N5O2/c1-10-3-2-4-13(23-10)16-15(11-5-7-12(20)8-6-11)17-24-18(29-9-14(21)22)25-19(28)27(17)26-16/h2-8,14H,9H2,1H3,(H,24,25,28). The van der Waals surface area contributed by atoms with Crippen LogP contribution in [0.4, 0.5) is 8.78 Å². The van der Waals surface area contributed by atoms with Crippen LogP contribution < -0.4 is 10.4 Å². The van der Waals surface area contributed by atoms with E-state index in [1.807, 2.05) is 19.1 Å². The van der Waals surface area contributed by atoms with E-state index in [1.54, 1.807) is 30.3 Å². The van der Waals surface area contributed by atoms with E-state index in [-0.39, 0.29) is 11.7 Å². The monoisotopic (exact) mass is 417 g/mol. The van der Waals surface area contributed by atoms with Crippen LogP contribution in [0.5, 0.6) is 6.01 Å². The number of aryl methyl sites for hydroxylation is 1. The van der Waals surface area contributed by atoms with Gasteiger partial charge in [-0.2, -0.15) is 14.6 Å². The first-order chi connectivity index (χ1) is 13.9. The lowest BCUT2D eigenvalue weighted by Gasteiger charge is -2.06. The first-order valence-electron chi connectivity index (χ1n) is 8.56. The molecule has 0 atom stereocenters. The van der Waals surface area contributed by atoms with Gasteiger partial charge in [0.15, 0.2) is 12.3 Å². The number of pyridine rings is 1. The Morgan fingerprint density at radius 1 is 1.17 bits per heavy atom. The zero-order valence-corrected chi connectivity index (χ0v) is 15.8. The van der Waals surface area contributed by atoms with Crippen molar-refractivity contribution in [2.45, 2.75) is 13.3 Å². The molecule has 7 nitrogen and oxygen atoms in total. The molecule has 3 heterocycles. The van der Waals surface area contributed by atoms with E-state index in [2.05, 4.69) is 20.1 Å². The number of nitrogens with one attached hydrogen (secondary N) is 1. The van der Waals surface area contributed by atoms with Crippen LogP contribution in [0.25, 0.3) is 28.2 Å². The lowest BCUT2D eigenvalue weighted by Crippen LogP contribution is -2.21. The van der Waals surface area contributed by atoms with E-state index in [9.17, 15) is 13.6 Å². The summed E-state index contributed by atoms with van der Waals surface area (Å²) in [6, 6.07) is 12.0. The fraction of sp³-hybridized carbons (Fsp3) is 0.158. The first kappa shape index (κ1) is 19.0. The molecule has 0 saturated carbocycles. The lowest BCUT2D eigenvalue weighted by molar-refractivity contribution is 0.0768. The average molecular weight is 418 g/mol. The van der Waals surface area contributed by atoms with Gasteiger partial charge in [0.25, 0.3) is 12.4 Å². The summed E-state index contributed by atoms with van der Waals surface area (Å²) in [6.45, 7) is 0.943. The summed E-state index contributed by atoms with van der Waals surface area (Å²) in [6.07, 6.45) is -2.70. The molecule has 0 fully saturated rings. The summed E-state index contributed by atoms with van der Waals surface area (Å²) >= 11 is 6.00. The van der Waals surface area contributed by atoms with Crippen LogP contribution in [0.3, 0.4) is 0 Å². The fourth-order valence-electron chi connectivity index (χ4n) is 2.87. The van der Waals surface area contributed by atoms with Crippen molar-refractivity contribution in [1.82, 2.24) is 24.6 Å². The molecule has 3 aromatic heterocycles. The summed E-state index contributed by atoms with van der Waals surface area (Å²) in [4.78, 5) is 23.5. The van der Waals surface area contributed by atoms with Crippen molar-refractivity contribution < 1.29 is 13.5 Å². The van der Waals surface area contributed by atoms with Gasteiger partial charge in [0, 0.05) is 10.7 Å². The van der Waals surface area contributed by atoms with Gasteiger partial charge in [-0.15, -0.1) is 0 Å². The highest BCUT2D eigenvalue weighted by atomic mass is 35.5.